The minimum Gasteiger partial charge on any atom is -0.396 e. The second-order valence-corrected chi connectivity index (χ2v) is 8.50. The first kappa shape index (κ1) is 21.3. The van der Waals surface area contributed by atoms with E-state index in [1.165, 1.54) is 11.1 Å². The number of rotatable bonds is 6. The minimum absolute atomic E-state index is 0.00689. The predicted molar refractivity (Wildman–Crippen MR) is 127 cm³/mol. The highest BCUT2D eigenvalue weighted by Crippen LogP contribution is 2.23. The summed E-state index contributed by atoms with van der Waals surface area (Å²) in [6.07, 6.45) is 4.69. The molecule has 1 aliphatic heterocycles. The van der Waals surface area contributed by atoms with Gasteiger partial charge in [-0.25, -0.2) is 14.3 Å². The summed E-state index contributed by atoms with van der Waals surface area (Å²) in [5.74, 6) is 0.427. The summed E-state index contributed by atoms with van der Waals surface area (Å²) >= 11 is 0. The third kappa shape index (κ3) is 4.01. The van der Waals surface area contributed by atoms with Crippen LogP contribution in [-0.2, 0) is 19.4 Å². The molecule has 0 saturated carbocycles. The smallest absolute Gasteiger partial charge is 0.278 e. The van der Waals surface area contributed by atoms with Crippen LogP contribution in [0.1, 0.15) is 36.7 Å². The Morgan fingerprint density at radius 2 is 2.06 bits per heavy atom. The molecular weight excluding hydrogens is 418 g/mol. The summed E-state index contributed by atoms with van der Waals surface area (Å²) in [5, 5.41) is 16.5. The van der Waals surface area contributed by atoms with E-state index in [2.05, 4.69) is 32.7 Å². The monoisotopic (exact) mass is 445 g/mol. The first-order valence-corrected chi connectivity index (χ1v) is 11.2. The Kier molecular flexibility index (Phi) is 5.65. The number of hydrogen-bond acceptors (Lipinski definition) is 7. The van der Waals surface area contributed by atoms with Crippen molar-refractivity contribution < 1.29 is 5.11 Å². The van der Waals surface area contributed by atoms with E-state index < -0.39 is 0 Å². The zero-order valence-electron chi connectivity index (χ0n) is 18.7. The van der Waals surface area contributed by atoms with Gasteiger partial charge >= 0.3 is 0 Å². The number of aromatic nitrogens is 5. The van der Waals surface area contributed by atoms with Crippen molar-refractivity contribution in [3.05, 3.63) is 69.9 Å². The fraction of sp³-hybridized carbons (Fsp3) is 0.333. The molecule has 0 amide bonds. The van der Waals surface area contributed by atoms with Crippen LogP contribution < -0.4 is 16.2 Å². The van der Waals surface area contributed by atoms with Crippen LogP contribution in [0.15, 0.2) is 47.5 Å². The molecule has 170 valence electrons. The van der Waals surface area contributed by atoms with E-state index in [0.29, 0.717) is 23.4 Å². The van der Waals surface area contributed by atoms with Crippen LogP contribution in [-0.4, -0.2) is 42.6 Å². The maximum Gasteiger partial charge on any atom is 0.278 e. The molecule has 0 atom stereocenters. The number of aliphatic hydroxyl groups is 1. The van der Waals surface area contributed by atoms with Gasteiger partial charge in [0.1, 0.15) is 5.39 Å². The first-order valence-electron chi connectivity index (χ1n) is 11.2. The molecule has 0 bridgehead atoms. The Balaban J connectivity index is 1.61. The summed E-state index contributed by atoms with van der Waals surface area (Å²) in [6.45, 7) is 5.78. The third-order valence-electron chi connectivity index (χ3n) is 5.87. The van der Waals surface area contributed by atoms with Crippen LogP contribution in [0, 0.1) is 0 Å². The van der Waals surface area contributed by atoms with Gasteiger partial charge in [-0.1, -0.05) is 6.07 Å². The Hall–Kier alpha value is -3.56. The average Bonchev–Trinajstić information content (AvgIpc) is 3.11. The molecule has 4 aromatic rings. The molecule has 0 saturated heterocycles. The standard InChI is InChI=1S/C24H27N7O2/c1-15(2)30-23(33)21-14-27-24(28-19-4-3-17-13-25-8-5-16(17)11-19)29-22(21)31(30)20-6-9-26-18(12-20)7-10-32/h3-4,6,9,11-12,14-15,25,32H,5,7-8,10,13H2,1-2H3,(H,27,28,29). The zero-order valence-corrected chi connectivity index (χ0v) is 18.7. The van der Waals surface area contributed by atoms with E-state index in [1.807, 2.05) is 36.7 Å². The molecule has 1 aromatic carbocycles. The van der Waals surface area contributed by atoms with E-state index in [0.717, 1.165) is 36.6 Å². The third-order valence-corrected chi connectivity index (χ3v) is 5.87. The quantitative estimate of drug-likeness (QED) is 0.418. The van der Waals surface area contributed by atoms with E-state index in [-0.39, 0.29) is 18.2 Å². The van der Waals surface area contributed by atoms with Crippen molar-refractivity contribution in [2.75, 3.05) is 18.5 Å². The molecule has 0 aliphatic carbocycles. The summed E-state index contributed by atoms with van der Waals surface area (Å²) in [6, 6.07) is 9.90. The summed E-state index contributed by atoms with van der Waals surface area (Å²) < 4.78 is 3.49. The molecule has 0 fully saturated rings. The SMILES string of the molecule is CC(C)n1c(=O)c2cnc(Nc3ccc4c(c3)CCNC4)nc2n1-c1ccnc(CCO)c1. The molecule has 3 N–H and O–H groups in total. The molecule has 9 heteroatoms. The average molecular weight is 446 g/mol. The number of aliphatic hydroxyl groups excluding tert-OH is 1. The molecular formula is C24H27N7O2. The first-order chi connectivity index (χ1) is 16.0. The van der Waals surface area contributed by atoms with Crippen LogP contribution in [0.2, 0.25) is 0 Å². The zero-order chi connectivity index (χ0) is 22.9. The maximum atomic E-state index is 13.2. The number of anilines is 2. The van der Waals surface area contributed by atoms with E-state index in [4.69, 9.17) is 4.98 Å². The van der Waals surface area contributed by atoms with Crippen LogP contribution in [0.3, 0.4) is 0 Å². The largest absolute Gasteiger partial charge is 0.396 e. The second-order valence-electron chi connectivity index (χ2n) is 8.50. The predicted octanol–water partition coefficient (Wildman–Crippen LogP) is 2.48. The van der Waals surface area contributed by atoms with Gasteiger partial charge in [-0.05, 0) is 62.2 Å². The Labute approximate surface area is 191 Å². The van der Waals surface area contributed by atoms with Gasteiger partial charge in [0.25, 0.3) is 5.56 Å². The van der Waals surface area contributed by atoms with E-state index >= 15 is 0 Å². The van der Waals surface area contributed by atoms with Crippen molar-refractivity contribution in [3.63, 3.8) is 0 Å². The van der Waals surface area contributed by atoms with Crippen molar-refractivity contribution in [1.29, 1.82) is 0 Å². The number of hydrogen-bond donors (Lipinski definition) is 3. The van der Waals surface area contributed by atoms with Gasteiger partial charge in [-0.2, -0.15) is 4.98 Å². The molecule has 4 heterocycles. The van der Waals surface area contributed by atoms with Crippen molar-refractivity contribution >= 4 is 22.7 Å². The molecule has 0 spiro atoms. The lowest BCUT2D eigenvalue weighted by Crippen LogP contribution is -2.24. The number of benzene rings is 1. The highest BCUT2D eigenvalue weighted by atomic mass is 16.3. The van der Waals surface area contributed by atoms with E-state index in [1.54, 1.807) is 17.1 Å². The molecule has 33 heavy (non-hydrogen) atoms. The molecule has 3 aromatic heterocycles. The van der Waals surface area contributed by atoms with Gasteiger partial charge in [0, 0.05) is 49.4 Å². The van der Waals surface area contributed by atoms with Gasteiger partial charge in [0.2, 0.25) is 5.95 Å². The van der Waals surface area contributed by atoms with Crippen molar-refractivity contribution in [1.82, 2.24) is 29.6 Å². The van der Waals surface area contributed by atoms with Gasteiger partial charge in [-0.15, -0.1) is 0 Å². The van der Waals surface area contributed by atoms with Crippen LogP contribution in [0.25, 0.3) is 16.7 Å². The van der Waals surface area contributed by atoms with Gasteiger partial charge in [-0.3, -0.25) is 9.78 Å². The second kappa shape index (κ2) is 8.76. The molecule has 1 aliphatic rings. The topological polar surface area (TPSA) is 110 Å². The lowest BCUT2D eigenvalue weighted by atomic mass is 10.0. The van der Waals surface area contributed by atoms with Crippen LogP contribution in [0.4, 0.5) is 11.6 Å². The highest BCUT2D eigenvalue weighted by molar-refractivity contribution is 5.77. The molecule has 5 rings (SSSR count). The van der Waals surface area contributed by atoms with E-state index in [9.17, 15) is 9.90 Å². The van der Waals surface area contributed by atoms with Crippen LogP contribution >= 0.6 is 0 Å². The number of fused-ring (bicyclic) bond motifs is 2. The fourth-order valence-corrected chi connectivity index (χ4v) is 4.31. The molecule has 0 unspecified atom stereocenters. The van der Waals surface area contributed by atoms with Crippen molar-refractivity contribution in [3.8, 4) is 5.69 Å². The Morgan fingerprint density at radius 3 is 2.88 bits per heavy atom. The van der Waals surface area contributed by atoms with Crippen molar-refractivity contribution in [2.45, 2.75) is 39.3 Å². The summed E-state index contributed by atoms with van der Waals surface area (Å²) in [4.78, 5) is 26.7. The highest BCUT2D eigenvalue weighted by Gasteiger charge is 2.20. The van der Waals surface area contributed by atoms with Gasteiger partial charge in [0.05, 0.1) is 5.69 Å². The normalized spacial score (nSPS) is 13.5. The number of pyridine rings is 1. The molecule has 9 nitrogen and oxygen atoms in total. The van der Waals surface area contributed by atoms with Gasteiger partial charge < -0.3 is 15.7 Å². The minimum atomic E-state index is -0.145. The van der Waals surface area contributed by atoms with Gasteiger partial charge in [0.15, 0.2) is 5.65 Å². The number of nitrogens with zero attached hydrogens (tertiary/aromatic N) is 5. The molecule has 0 radical (unpaired) electrons. The number of nitrogens with one attached hydrogen (secondary N) is 2. The lowest BCUT2D eigenvalue weighted by molar-refractivity contribution is 0.298. The summed E-state index contributed by atoms with van der Waals surface area (Å²) in [5.41, 5.74) is 5.43. The lowest BCUT2D eigenvalue weighted by Gasteiger charge is -2.18. The Morgan fingerprint density at radius 1 is 1.18 bits per heavy atom. The maximum absolute atomic E-state index is 13.2. The van der Waals surface area contributed by atoms with Crippen molar-refractivity contribution in [2.24, 2.45) is 0 Å². The fourth-order valence-electron chi connectivity index (χ4n) is 4.31. The Bertz CT molecular complexity index is 1370. The summed E-state index contributed by atoms with van der Waals surface area (Å²) in [7, 11) is 0. The van der Waals surface area contributed by atoms with Crippen LogP contribution in [0.5, 0.6) is 0 Å².